The molecule has 2 N–H and O–H groups in total. The summed E-state index contributed by atoms with van der Waals surface area (Å²) < 4.78 is 0. The SMILES string of the molecule is CC1(c2ccc3[nH]c(=O)[nH]c3c2)CC1C#N. The first-order chi connectivity index (χ1) is 7.63. The van der Waals surface area contributed by atoms with Crippen molar-refractivity contribution in [3.05, 3.63) is 34.2 Å². The van der Waals surface area contributed by atoms with E-state index in [1.165, 1.54) is 0 Å². The van der Waals surface area contributed by atoms with Crippen molar-refractivity contribution in [3.8, 4) is 6.07 Å². The van der Waals surface area contributed by atoms with E-state index < -0.39 is 0 Å². The van der Waals surface area contributed by atoms with Crippen LogP contribution in [0.1, 0.15) is 18.9 Å². The molecule has 0 spiro atoms. The van der Waals surface area contributed by atoms with Gasteiger partial charge in [-0.2, -0.15) is 5.26 Å². The molecule has 1 saturated carbocycles. The first kappa shape index (κ1) is 9.22. The summed E-state index contributed by atoms with van der Waals surface area (Å²) in [6.07, 6.45) is 0.906. The van der Waals surface area contributed by atoms with Crippen molar-refractivity contribution >= 4 is 11.0 Å². The van der Waals surface area contributed by atoms with Crippen molar-refractivity contribution in [2.24, 2.45) is 5.92 Å². The molecule has 2 aromatic rings. The molecular formula is C12H11N3O. The van der Waals surface area contributed by atoms with Crippen molar-refractivity contribution in [1.82, 2.24) is 9.97 Å². The molecule has 0 saturated heterocycles. The van der Waals surface area contributed by atoms with E-state index >= 15 is 0 Å². The topological polar surface area (TPSA) is 72.4 Å². The van der Waals surface area contributed by atoms with Gasteiger partial charge in [0.1, 0.15) is 0 Å². The standard InChI is InChI=1S/C12H11N3O/c1-12(5-8(12)6-13)7-2-3-9-10(4-7)15-11(16)14-9/h2-4,8H,5H2,1H3,(H2,14,15,16). The van der Waals surface area contributed by atoms with E-state index in [1.807, 2.05) is 18.2 Å². The van der Waals surface area contributed by atoms with Gasteiger partial charge >= 0.3 is 5.69 Å². The first-order valence-electron chi connectivity index (χ1n) is 5.25. The summed E-state index contributed by atoms with van der Waals surface area (Å²) in [6.45, 7) is 2.09. The van der Waals surface area contributed by atoms with Crippen LogP contribution in [0.25, 0.3) is 11.0 Å². The number of aromatic nitrogens is 2. The maximum atomic E-state index is 11.1. The molecule has 0 aliphatic heterocycles. The lowest BCUT2D eigenvalue weighted by Gasteiger charge is -2.08. The number of fused-ring (bicyclic) bond motifs is 1. The van der Waals surface area contributed by atoms with Gasteiger partial charge in [0.2, 0.25) is 0 Å². The first-order valence-corrected chi connectivity index (χ1v) is 5.25. The van der Waals surface area contributed by atoms with E-state index in [0.29, 0.717) is 0 Å². The molecule has 1 aromatic heterocycles. The van der Waals surface area contributed by atoms with E-state index in [4.69, 9.17) is 5.26 Å². The highest BCUT2D eigenvalue weighted by Gasteiger charge is 2.51. The normalized spacial score (nSPS) is 27.9. The Labute approximate surface area is 91.9 Å². The Balaban J connectivity index is 2.13. The number of hydrogen-bond acceptors (Lipinski definition) is 2. The predicted molar refractivity (Wildman–Crippen MR) is 60.0 cm³/mol. The average molecular weight is 213 g/mol. The second-order valence-electron chi connectivity index (χ2n) is 4.64. The molecule has 80 valence electrons. The maximum absolute atomic E-state index is 11.1. The Kier molecular flexibility index (Phi) is 1.59. The molecular weight excluding hydrogens is 202 g/mol. The number of nitrogens with one attached hydrogen (secondary N) is 2. The van der Waals surface area contributed by atoms with Crippen LogP contribution in [-0.2, 0) is 5.41 Å². The van der Waals surface area contributed by atoms with Crippen LogP contribution >= 0.6 is 0 Å². The molecule has 1 aliphatic carbocycles. The highest BCUT2D eigenvalue weighted by molar-refractivity contribution is 5.75. The lowest BCUT2D eigenvalue weighted by molar-refractivity contribution is 0.743. The Morgan fingerprint density at radius 3 is 2.88 bits per heavy atom. The van der Waals surface area contributed by atoms with Gasteiger partial charge in [-0.15, -0.1) is 0 Å². The zero-order chi connectivity index (χ0) is 11.3. The van der Waals surface area contributed by atoms with Crippen LogP contribution in [0.2, 0.25) is 0 Å². The minimum Gasteiger partial charge on any atom is -0.306 e. The number of nitrogens with zero attached hydrogens (tertiary/aromatic N) is 1. The van der Waals surface area contributed by atoms with E-state index in [-0.39, 0.29) is 17.0 Å². The zero-order valence-corrected chi connectivity index (χ0v) is 8.87. The second-order valence-corrected chi connectivity index (χ2v) is 4.64. The van der Waals surface area contributed by atoms with Gasteiger partial charge in [-0.05, 0) is 24.1 Å². The van der Waals surface area contributed by atoms with Crippen LogP contribution in [0.4, 0.5) is 0 Å². The van der Waals surface area contributed by atoms with Crippen molar-refractivity contribution in [2.75, 3.05) is 0 Å². The fourth-order valence-electron chi connectivity index (χ4n) is 2.26. The number of H-pyrrole nitrogens is 2. The highest BCUT2D eigenvalue weighted by atomic mass is 16.1. The van der Waals surface area contributed by atoms with Gasteiger partial charge in [-0.25, -0.2) is 4.79 Å². The second kappa shape index (κ2) is 2.76. The monoisotopic (exact) mass is 213 g/mol. The third-order valence-electron chi connectivity index (χ3n) is 3.57. The summed E-state index contributed by atoms with van der Waals surface area (Å²) in [5.41, 5.74) is 2.53. The van der Waals surface area contributed by atoms with Gasteiger partial charge in [-0.3, -0.25) is 0 Å². The van der Waals surface area contributed by atoms with Crippen molar-refractivity contribution < 1.29 is 0 Å². The molecule has 1 aliphatic rings. The van der Waals surface area contributed by atoms with Gasteiger partial charge in [0.15, 0.2) is 0 Å². The minimum atomic E-state index is -0.190. The Morgan fingerprint density at radius 2 is 2.19 bits per heavy atom. The Hall–Kier alpha value is -2.02. The molecule has 0 amide bonds. The van der Waals surface area contributed by atoms with Crippen LogP contribution in [0.3, 0.4) is 0 Å². The molecule has 4 heteroatoms. The van der Waals surface area contributed by atoms with Crippen LogP contribution < -0.4 is 5.69 Å². The van der Waals surface area contributed by atoms with Gasteiger partial charge in [0.25, 0.3) is 0 Å². The number of hydrogen-bond donors (Lipinski definition) is 2. The van der Waals surface area contributed by atoms with E-state index in [9.17, 15) is 4.79 Å². The van der Waals surface area contributed by atoms with Crippen molar-refractivity contribution in [3.63, 3.8) is 0 Å². The van der Waals surface area contributed by atoms with Crippen LogP contribution in [0.15, 0.2) is 23.0 Å². The molecule has 0 radical (unpaired) electrons. The Morgan fingerprint density at radius 1 is 1.44 bits per heavy atom. The predicted octanol–water partition coefficient (Wildman–Crippen LogP) is 1.66. The molecule has 2 unspecified atom stereocenters. The maximum Gasteiger partial charge on any atom is 0.323 e. The summed E-state index contributed by atoms with van der Waals surface area (Å²) in [5, 5.41) is 8.91. The minimum absolute atomic E-state index is 0.0307. The summed E-state index contributed by atoms with van der Waals surface area (Å²) in [7, 11) is 0. The number of nitriles is 1. The summed E-state index contributed by atoms with van der Waals surface area (Å²) in [5.74, 6) is 0.107. The molecule has 1 heterocycles. The molecule has 1 aromatic carbocycles. The van der Waals surface area contributed by atoms with Crippen LogP contribution in [-0.4, -0.2) is 9.97 Å². The van der Waals surface area contributed by atoms with Crippen LogP contribution in [0.5, 0.6) is 0 Å². The molecule has 3 rings (SSSR count). The third-order valence-corrected chi connectivity index (χ3v) is 3.57. The molecule has 0 bridgehead atoms. The largest absolute Gasteiger partial charge is 0.323 e. The fraction of sp³-hybridized carbons (Fsp3) is 0.333. The van der Waals surface area contributed by atoms with Crippen molar-refractivity contribution in [1.29, 1.82) is 5.26 Å². The van der Waals surface area contributed by atoms with Gasteiger partial charge in [0, 0.05) is 5.41 Å². The average Bonchev–Trinajstić information content (AvgIpc) is 2.80. The quantitative estimate of drug-likeness (QED) is 0.756. The fourth-order valence-corrected chi connectivity index (χ4v) is 2.26. The molecule has 1 fully saturated rings. The van der Waals surface area contributed by atoms with E-state index in [2.05, 4.69) is 23.0 Å². The molecule has 16 heavy (non-hydrogen) atoms. The number of benzene rings is 1. The summed E-state index contributed by atoms with van der Waals surface area (Å²) in [6, 6.07) is 8.14. The van der Waals surface area contributed by atoms with Crippen LogP contribution in [0, 0.1) is 17.2 Å². The molecule has 2 atom stereocenters. The number of rotatable bonds is 1. The number of imidazole rings is 1. The van der Waals surface area contributed by atoms with Gasteiger partial charge in [-0.1, -0.05) is 13.0 Å². The zero-order valence-electron chi connectivity index (χ0n) is 8.87. The van der Waals surface area contributed by atoms with E-state index in [1.54, 1.807) is 0 Å². The summed E-state index contributed by atoms with van der Waals surface area (Å²) in [4.78, 5) is 16.6. The van der Waals surface area contributed by atoms with E-state index in [0.717, 1.165) is 23.0 Å². The smallest absolute Gasteiger partial charge is 0.306 e. The summed E-state index contributed by atoms with van der Waals surface area (Å²) >= 11 is 0. The van der Waals surface area contributed by atoms with Crippen molar-refractivity contribution in [2.45, 2.75) is 18.8 Å². The Bertz CT molecular complexity index is 661. The lowest BCUT2D eigenvalue weighted by Crippen LogP contribution is -2.03. The third kappa shape index (κ3) is 1.12. The highest BCUT2D eigenvalue weighted by Crippen LogP contribution is 2.53. The lowest BCUT2D eigenvalue weighted by atomic mass is 9.95. The molecule has 4 nitrogen and oxygen atoms in total. The van der Waals surface area contributed by atoms with Gasteiger partial charge < -0.3 is 9.97 Å². The van der Waals surface area contributed by atoms with Gasteiger partial charge in [0.05, 0.1) is 23.0 Å². The number of aromatic amines is 2.